The first-order valence-corrected chi connectivity index (χ1v) is 6.00. The van der Waals surface area contributed by atoms with Gasteiger partial charge in [0.15, 0.2) is 0 Å². The molecule has 94 valence electrons. The van der Waals surface area contributed by atoms with E-state index in [2.05, 4.69) is 5.32 Å². The summed E-state index contributed by atoms with van der Waals surface area (Å²) in [5, 5.41) is 3.71. The van der Waals surface area contributed by atoms with E-state index in [1.165, 1.54) is 12.1 Å². The number of aryl methyl sites for hydroxylation is 1. The number of nitrogens with one attached hydrogen (secondary N) is 1. The van der Waals surface area contributed by atoms with E-state index < -0.39 is 5.82 Å². The zero-order chi connectivity index (χ0) is 13.3. The molecule has 2 rings (SSSR count). The number of hydrogen-bond donors (Lipinski definition) is 2. The minimum Gasteiger partial charge on any atom is -0.397 e. The summed E-state index contributed by atoms with van der Waals surface area (Å²) in [4.78, 5) is 0. The van der Waals surface area contributed by atoms with Gasteiger partial charge in [-0.15, -0.1) is 0 Å². The maximum atomic E-state index is 13.2. The molecule has 3 N–H and O–H groups in total. The molecule has 0 aromatic heterocycles. The van der Waals surface area contributed by atoms with Crippen molar-refractivity contribution in [1.82, 2.24) is 0 Å². The summed E-state index contributed by atoms with van der Waals surface area (Å²) in [6.45, 7) is 1.91. The number of nitrogen functional groups attached to an aromatic ring is 1. The van der Waals surface area contributed by atoms with Crippen molar-refractivity contribution in [3.05, 3.63) is 51.8 Å². The SMILES string of the molecule is Cc1ccc(Nc2cc(Cl)c(F)cc2N)cc1Cl. The van der Waals surface area contributed by atoms with Gasteiger partial charge in [-0.1, -0.05) is 29.3 Å². The van der Waals surface area contributed by atoms with Crippen LogP contribution in [0, 0.1) is 12.7 Å². The van der Waals surface area contributed by atoms with Crippen molar-refractivity contribution in [3.8, 4) is 0 Å². The first-order valence-electron chi connectivity index (χ1n) is 5.25. The Morgan fingerprint density at radius 1 is 1.11 bits per heavy atom. The maximum absolute atomic E-state index is 13.2. The van der Waals surface area contributed by atoms with Crippen LogP contribution in [0.4, 0.5) is 21.5 Å². The van der Waals surface area contributed by atoms with Gasteiger partial charge in [-0.05, 0) is 30.7 Å². The van der Waals surface area contributed by atoms with E-state index in [1.54, 1.807) is 6.07 Å². The molecule has 0 radical (unpaired) electrons. The van der Waals surface area contributed by atoms with Crippen LogP contribution in [-0.4, -0.2) is 0 Å². The minimum atomic E-state index is -0.540. The summed E-state index contributed by atoms with van der Waals surface area (Å²) in [6, 6.07) is 8.14. The molecular weight excluding hydrogens is 274 g/mol. The zero-order valence-corrected chi connectivity index (χ0v) is 11.1. The predicted octanol–water partition coefficient (Wildman–Crippen LogP) is 4.77. The van der Waals surface area contributed by atoms with Gasteiger partial charge in [0, 0.05) is 16.8 Å². The molecule has 0 spiro atoms. The van der Waals surface area contributed by atoms with E-state index in [0.717, 1.165) is 11.3 Å². The molecule has 0 amide bonds. The lowest BCUT2D eigenvalue weighted by atomic mass is 10.2. The van der Waals surface area contributed by atoms with Crippen LogP contribution in [0.1, 0.15) is 5.56 Å². The molecule has 2 aromatic rings. The van der Waals surface area contributed by atoms with Crippen molar-refractivity contribution < 1.29 is 4.39 Å². The Balaban J connectivity index is 2.34. The third-order valence-corrected chi connectivity index (χ3v) is 3.24. The van der Waals surface area contributed by atoms with Crippen molar-refractivity contribution in [2.45, 2.75) is 6.92 Å². The van der Waals surface area contributed by atoms with Crippen LogP contribution in [0.15, 0.2) is 30.3 Å². The summed E-state index contributed by atoms with van der Waals surface area (Å²) >= 11 is 11.7. The fourth-order valence-electron chi connectivity index (χ4n) is 1.50. The zero-order valence-electron chi connectivity index (χ0n) is 9.60. The normalized spacial score (nSPS) is 10.4. The Labute approximate surface area is 115 Å². The number of benzene rings is 2. The lowest BCUT2D eigenvalue weighted by Gasteiger charge is -2.11. The van der Waals surface area contributed by atoms with Gasteiger partial charge in [0.05, 0.1) is 16.4 Å². The van der Waals surface area contributed by atoms with Crippen molar-refractivity contribution in [1.29, 1.82) is 0 Å². The molecule has 0 fully saturated rings. The van der Waals surface area contributed by atoms with Gasteiger partial charge in [-0.25, -0.2) is 4.39 Å². The number of halogens is 3. The average Bonchev–Trinajstić information content (AvgIpc) is 2.31. The second-order valence-electron chi connectivity index (χ2n) is 3.94. The molecule has 5 heteroatoms. The maximum Gasteiger partial charge on any atom is 0.143 e. The highest BCUT2D eigenvalue weighted by Crippen LogP contribution is 2.30. The van der Waals surface area contributed by atoms with Crippen LogP contribution in [0.25, 0.3) is 0 Å². The number of rotatable bonds is 2. The molecule has 0 atom stereocenters. The molecule has 0 aliphatic heterocycles. The number of nitrogens with two attached hydrogens (primary N) is 1. The van der Waals surface area contributed by atoms with E-state index in [0.29, 0.717) is 10.7 Å². The average molecular weight is 285 g/mol. The van der Waals surface area contributed by atoms with Gasteiger partial charge < -0.3 is 11.1 Å². The van der Waals surface area contributed by atoms with Crippen LogP contribution >= 0.6 is 23.2 Å². The highest BCUT2D eigenvalue weighted by atomic mass is 35.5. The van der Waals surface area contributed by atoms with E-state index in [9.17, 15) is 4.39 Å². The van der Waals surface area contributed by atoms with Crippen LogP contribution in [0.2, 0.25) is 10.0 Å². The molecule has 0 aliphatic rings. The molecular formula is C13H11Cl2FN2. The number of hydrogen-bond acceptors (Lipinski definition) is 2. The van der Waals surface area contributed by atoms with Crippen molar-refractivity contribution in [2.24, 2.45) is 0 Å². The first-order chi connectivity index (χ1) is 8.47. The van der Waals surface area contributed by atoms with Crippen LogP contribution in [-0.2, 0) is 0 Å². The highest BCUT2D eigenvalue weighted by Gasteiger charge is 2.07. The standard InChI is InChI=1S/C13H11Cl2FN2/c1-7-2-3-8(4-9(7)14)18-13-5-10(15)11(16)6-12(13)17/h2-6,18H,17H2,1H3. The van der Waals surface area contributed by atoms with Crippen LogP contribution < -0.4 is 11.1 Å². The summed E-state index contributed by atoms with van der Waals surface area (Å²) in [7, 11) is 0. The molecule has 0 bridgehead atoms. The van der Waals surface area contributed by atoms with Crippen LogP contribution in [0.5, 0.6) is 0 Å². The molecule has 0 heterocycles. The van der Waals surface area contributed by atoms with Crippen LogP contribution in [0.3, 0.4) is 0 Å². The smallest absolute Gasteiger partial charge is 0.143 e. The lowest BCUT2D eigenvalue weighted by Crippen LogP contribution is -1.97. The molecule has 0 aliphatic carbocycles. The van der Waals surface area contributed by atoms with Crippen molar-refractivity contribution >= 4 is 40.3 Å². The second kappa shape index (κ2) is 5.04. The largest absolute Gasteiger partial charge is 0.397 e. The van der Waals surface area contributed by atoms with Crippen molar-refractivity contribution in [3.63, 3.8) is 0 Å². The molecule has 2 aromatic carbocycles. The van der Waals surface area contributed by atoms with Gasteiger partial charge in [0.1, 0.15) is 5.82 Å². The van der Waals surface area contributed by atoms with Gasteiger partial charge in [-0.2, -0.15) is 0 Å². The topological polar surface area (TPSA) is 38.0 Å². The Morgan fingerprint density at radius 3 is 2.50 bits per heavy atom. The molecule has 0 saturated heterocycles. The molecule has 2 nitrogen and oxygen atoms in total. The predicted molar refractivity (Wildman–Crippen MR) is 75.3 cm³/mol. The van der Waals surface area contributed by atoms with E-state index in [1.807, 2.05) is 19.1 Å². The molecule has 0 saturated carbocycles. The van der Waals surface area contributed by atoms with Crippen molar-refractivity contribution in [2.75, 3.05) is 11.1 Å². The summed E-state index contributed by atoms with van der Waals surface area (Å²) in [5.74, 6) is -0.540. The van der Waals surface area contributed by atoms with E-state index in [4.69, 9.17) is 28.9 Å². The third-order valence-electron chi connectivity index (χ3n) is 2.54. The highest BCUT2D eigenvalue weighted by molar-refractivity contribution is 6.32. The molecule has 0 unspecified atom stereocenters. The fraction of sp³-hybridized carbons (Fsp3) is 0.0769. The van der Waals surface area contributed by atoms with Gasteiger partial charge in [-0.3, -0.25) is 0 Å². The Bertz CT molecular complexity index is 600. The summed E-state index contributed by atoms with van der Waals surface area (Å²) < 4.78 is 13.2. The van der Waals surface area contributed by atoms with E-state index >= 15 is 0 Å². The Kier molecular flexibility index (Phi) is 3.64. The van der Waals surface area contributed by atoms with Gasteiger partial charge in [0.25, 0.3) is 0 Å². The second-order valence-corrected chi connectivity index (χ2v) is 4.76. The quantitative estimate of drug-likeness (QED) is 0.780. The summed E-state index contributed by atoms with van der Waals surface area (Å²) in [5.41, 5.74) is 8.28. The molecule has 18 heavy (non-hydrogen) atoms. The third kappa shape index (κ3) is 2.68. The fourth-order valence-corrected chi connectivity index (χ4v) is 1.84. The van der Waals surface area contributed by atoms with Gasteiger partial charge in [0.2, 0.25) is 0 Å². The monoisotopic (exact) mass is 284 g/mol. The number of anilines is 3. The summed E-state index contributed by atoms with van der Waals surface area (Å²) in [6.07, 6.45) is 0. The lowest BCUT2D eigenvalue weighted by molar-refractivity contribution is 0.629. The Morgan fingerprint density at radius 2 is 1.83 bits per heavy atom. The van der Waals surface area contributed by atoms with E-state index in [-0.39, 0.29) is 10.7 Å². The Hall–Kier alpha value is -1.45. The minimum absolute atomic E-state index is 0.0184. The van der Waals surface area contributed by atoms with Gasteiger partial charge >= 0.3 is 0 Å². The first kappa shape index (κ1) is 13.0.